The van der Waals surface area contributed by atoms with E-state index in [1.54, 1.807) is 42.5 Å². The van der Waals surface area contributed by atoms with Crippen LogP contribution in [0.2, 0.25) is 5.02 Å². The molecule has 172 valence electrons. The zero-order chi connectivity index (χ0) is 23.5. The van der Waals surface area contributed by atoms with Crippen LogP contribution in [0.3, 0.4) is 0 Å². The summed E-state index contributed by atoms with van der Waals surface area (Å²) in [5.74, 6) is 1.37. The fraction of sp³-hybridized carbons (Fsp3) is 0.333. The number of halogens is 1. The molecule has 0 heterocycles. The van der Waals surface area contributed by atoms with Gasteiger partial charge in [0.25, 0.3) is 5.91 Å². The van der Waals surface area contributed by atoms with E-state index >= 15 is 0 Å². The van der Waals surface area contributed by atoms with Gasteiger partial charge >= 0.3 is 0 Å². The minimum absolute atomic E-state index is 0.0599. The van der Waals surface area contributed by atoms with E-state index in [9.17, 15) is 9.59 Å². The first kappa shape index (κ1) is 25.1. The minimum Gasteiger partial charge on any atom is -0.493 e. The number of hydrogen-bond donors (Lipinski definition) is 2. The first-order chi connectivity index (χ1) is 15.3. The van der Waals surface area contributed by atoms with Crippen molar-refractivity contribution in [2.75, 3.05) is 32.2 Å². The van der Waals surface area contributed by atoms with Crippen LogP contribution in [0.25, 0.3) is 6.08 Å². The zero-order valence-electron chi connectivity index (χ0n) is 18.7. The normalized spacial score (nSPS) is 10.8. The second-order valence-corrected chi connectivity index (χ2v) is 7.74. The fourth-order valence-corrected chi connectivity index (χ4v) is 2.89. The molecule has 2 rings (SSSR count). The van der Waals surface area contributed by atoms with E-state index in [1.165, 1.54) is 13.2 Å². The quantitative estimate of drug-likeness (QED) is 0.480. The Labute approximate surface area is 193 Å². The summed E-state index contributed by atoms with van der Waals surface area (Å²) in [4.78, 5) is 23.7. The third kappa shape index (κ3) is 8.15. The van der Waals surface area contributed by atoms with Gasteiger partial charge in [0.2, 0.25) is 5.91 Å². The topological polar surface area (TPSA) is 85.9 Å². The molecule has 0 aliphatic heterocycles. The summed E-state index contributed by atoms with van der Waals surface area (Å²) in [6.45, 7) is 6.94. The lowest BCUT2D eigenvalue weighted by atomic mass is 10.1. The summed E-state index contributed by atoms with van der Waals surface area (Å²) in [6.07, 6.45) is 3.04. The van der Waals surface area contributed by atoms with Gasteiger partial charge in [-0.25, -0.2) is 0 Å². The van der Waals surface area contributed by atoms with E-state index in [0.717, 1.165) is 0 Å². The molecule has 0 aliphatic carbocycles. The van der Waals surface area contributed by atoms with Crippen LogP contribution in [-0.2, 0) is 9.59 Å². The van der Waals surface area contributed by atoms with Crippen LogP contribution in [-0.4, -0.2) is 38.7 Å². The van der Waals surface area contributed by atoms with Crippen molar-refractivity contribution in [3.8, 4) is 17.2 Å². The maximum absolute atomic E-state index is 12.3. The van der Waals surface area contributed by atoms with Crippen LogP contribution < -0.4 is 24.8 Å². The van der Waals surface area contributed by atoms with Crippen molar-refractivity contribution >= 4 is 35.2 Å². The molecular formula is C24H29ClN2O5. The number of carbonyl (C=O) groups excluding carboxylic acids is 2. The van der Waals surface area contributed by atoms with Gasteiger partial charge in [-0.1, -0.05) is 25.4 Å². The monoisotopic (exact) mass is 460 g/mol. The van der Waals surface area contributed by atoms with Crippen molar-refractivity contribution in [2.24, 2.45) is 5.92 Å². The van der Waals surface area contributed by atoms with Crippen molar-refractivity contribution in [3.05, 3.63) is 53.1 Å². The summed E-state index contributed by atoms with van der Waals surface area (Å²) in [5, 5.41) is 5.83. The van der Waals surface area contributed by atoms with Gasteiger partial charge in [0.05, 0.1) is 18.7 Å². The molecule has 2 amide bonds. The number of amides is 2. The number of likely N-dealkylation sites (N-methyl/N-ethyl adjacent to an activating group) is 1. The molecular weight excluding hydrogens is 432 g/mol. The lowest BCUT2D eigenvalue weighted by Gasteiger charge is -2.14. The van der Waals surface area contributed by atoms with E-state index in [0.29, 0.717) is 52.6 Å². The van der Waals surface area contributed by atoms with Gasteiger partial charge in [0.1, 0.15) is 5.75 Å². The lowest BCUT2D eigenvalue weighted by Crippen LogP contribution is -2.28. The van der Waals surface area contributed by atoms with Crippen LogP contribution in [0.15, 0.2) is 42.5 Å². The number of hydrogen-bond acceptors (Lipinski definition) is 5. The molecule has 0 aliphatic rings. The van der Waals surface area contributed by atoms with Crippen molar-refractivity contribution in [1.82, 2.24) is 5.32 Å². The molecule has 2 aromatic carbocycles. The Morgan fingerprint density at radius 1 is 1.12 bits per heavy atom. The zero-order valence-corrected chi connectivity index (χ0v) is 19.5. The number of methoxy groups -OCH3 is 1. The first-order valence-electron chi connectivity index (χ1n) is 10.3. The molecule has 0 atom stereocenters. The van der Waals surface area contributed by atoms with Gasteiger partial charge in [0, 0.05) is 18.3 Å². The Hall–Kier alpha value is -3.19. The molecule has 0 fully saturated rings. The molecule has 0 aromatic heterocycles. The standard InChI is InChI=1S/C24H29ClN2O5/c1-5-26-23(29)15-31-19-9-7-18(8-10-19)27-22(28)11-6-17-12-20(25)24(21(13-17)30-4)32-14-16(2)3/h6-13,16H,5,14-15H2,1-4H3,(H,26,29)(H,27,28)/b11-6+. The third-order valence-corrected chi connectivity index (χ3v) is 4.39. The molecule has 0 spiro atoms. The van der Waals surface area contributed by atoms with Crippen molar-refractivity contribution in [2.45, 2.75) is 20.8 Å². The molecule has 0 saturated heterocycles. The van der Waals surface area contributed by atoms with Crippen LogP contribution in [0, 0.1) is 5.92 Å². The van der Waals surface area contributed by atoms with Crippen LogP contribution in [0.5, 0.6) is 17.2 Å². The highest BCUT2D eigenvalue weighted by Crippen LogP contribution is 2.37. The summed E-state index contributed by atoms with van der Waals surface area (Å²) in [5.41, 5.74) is 1.30. The minimum atomic E-state index is -0.309. The van der Waals surface area contributed by atoms with E-state index in [-0.39, 0.29) is 18.4 Å². The number of rotatable bonds is 11. The molecule has 7 nitrogen and oxygen atoms in total. The maximum Gasteiger partial charge on any atom is 0.257 e. The molecule has 0 unspecified atom stereocenters. The molecule has 0 radical (unpaired) electrons. The number of nitrogens with one attached hydrogen (secondary N) is 2. The highest BCUT2D eigenvalue weighted by molar-refractivity contribution is 6.32. The second kappa shape index (κ2) is 12.6. The Bertz CT molecular complexity index is 942. The molecule has 2 N–H and O–H groups in total. The first-order valence-corrected chi connectivity index (χ1v) is 10.7. The Balaban J connectivity index is 1.97. The van der Waals surface area contributed by atoms with Gasteiger partial charge in [-0.05, 0) is 60.9 Å². The average Bonchev–Trinajstić information content (AvgIpc) is 2.76. The average molecular weight is 461 g/mol. The largest absolute Gasteiger partial charge is 0.493 e. The van der Waals surface area contributed by atoms with Gasteiger partial charge < -0.3 is 24.8 Å². The molecule has 0 bridgehead atoms. The van der Waals surface area contributed by atoms with Crippen LogP contribution in [0.1, 0.15) is 26.3 Å². The van der Waals surface area contributed by atoms with E-state index in [2.05, 4.69) is 10.6 Å². The third-order valence-electron chi connectivity index (χ3n) is 4.11. The highest BCUT2D eigenvalue weighted by Gasteiger charge is 2.12. The Kier molecular flexibility index (Phi) is 9.88. The van der Waals surface area contributed by atoms with E-state index < -0.39 is 0 Å². The molecule has 8 heteroatoms. The maximum atomic E-state index is 12.3. The van der Waals surface area contributed by atoms with E-state index in [1.807, 2.05) is 20.8 Å². The van der Waals surface area contributed by atoms with Crippen molar-refractivity contribution in [1.29, 1.82) is 0 Å². The molecule has 0 saturated carbocycles. The van der Waals surface area contributed by atoms with Crippen LogP contribution in [0.4, 0.5) is 5.69 Å². The summed E-state index contributed by atoms with van der Waals surface area (Å²) in [7, 11) is 1.54. The van der Waals surface area contributed by atoms with Crippen molar-refractivity contribution in [3.63, 3.8) is 0 Å². The highest BCUT2D eigenvalue weighted by atomic mass is 35.5. The summed E-state index contributed by atoms with van der Waals surface area (Å²) >= 11 is 6.34. The van der Waals surface area contributed by atoms with Gasteiger partial charge in [-0.2, -0.15) is 0 Å². The molecule has 32 heavy (non-hydrogen) atoms. The number of benzene rings is 2. The predicted molar refractivity (Wildman–Crippen MR) is 127 cm³/mol. The fourth-order valence-electron chi connectivity index (χ4n) is 2.61. The number of ether oxygens (including phenoxy) is 3. The van der Waals surface area contributed by atoms with E-state index in [4.69, 9.17) is 25.8 Å². The van der Waals surface area contributed by atoms with Gasteiger partial charge in [0.15, 0.2) is 18.1 Å². The SMILES string of the molecule is CCNC(=O)COc1ccc(NC(=O)/C=C/c2cc(Cl)c(OCC(C)C)c(OC)c2)cc1. The number of anilines is 1. The smallest absolute Gasteiger partial charge is 0.257 e. The van der Waals surface area contributed by atoms with Gasteiger partial charge in [-0.15, -0.1) is 0 Å². The predicted octanol–water partition coefficient (Wildman–Crippen LogP) is 4.55. The Morgan fingerprint density at radius 3 is 2.47 bits per heavy atom. The van der Waals surface area contributed by atoms with Crippen LogP contribution >= 0.6 is 11.6 Å². The number of carbonyl (C=O) groups is 2. The van der Waals surface area contributed by atoms with Gasteiger partial charge in [-0.3, -0.25) is 9.59 Å². The summed E-state index contributed by atoms with van der Waals surface area (Å²) in [6, 6.07) is 10.2. The summed E-state index contributed by atoms with van der Waals surface area (Å²) < 4.78 is 16.5. The lowest BCUT2D eigenvalue weighted by molar-refractivity contribution is -0.123. The van der Waals surface area contributed by atoms with Crippen molar-refractivity contribution < 1.29 is 23.8 Å². The second-order valence-electron chi connectivity index (χ2n) is 7.33. The Morgan fingerprint density at radius 2 is 1.84 bits per heavy atom. The molecule has 2 aromatic rings.